The van der Waals surface area contributed by atoms with E-state index in [4.69, 9.17) is 5.11 Å². The summed E-state index contributed by atoms with van der Waals surface area (Å²) in [5, 5.41) is 15.0. The summed E-state index contributed by atoms with van der Waals surface area (Å²) in [7, 11) is 0. The van der Waals surface area contributed by atoms with E-state index in [-0.39, 0.29) is 23.3 Å². The molecule has 2 aromatic rings. The van der Waals surface area contributed by atoms with Gasteiger partial charge in [0.1, 0.15) is 5.00 Å². The molecule has 1 aromatic heterocycles. The largest absolute Gasteiger partial charge is 0.478 e. The topological polar surface area (TPSA) is 95.5 Å². The van der Waals surface area contributed by atoms with Crippen LogP contribution in [0, 0.1) is 12.8 Å². The highest BCUT2D eigenvalue weighted by Crippen LogP contribution is 2.33. The van der Waals surface area contributed by atoms with Crippen LogP contribution in [0.15, 0.2) is 30.3 Å². The first-order valence-electron chi connectivity index (χ1n) is 7.50. The Morgan fingerprint density at radius 3 is 2.38 bits per heavy atom. The number of hydrogen-bond donors (Lipinski definition) is 3. The third-order valence-corrected chi connectivity index (χ3v) is 4.64. The molecule has 7 heteroatoms. The standard InChI is InChI=1S/C17H16N2O4S/c1-9-8-13(16(24-9)19-14(20)10-2-3-10)15(21)18-12-6-4-11(5-7-12)17(22)23/h4-8,10H,2-3H2,1H3,(H,18,21)(H,19,20)(H,22,23). The monoisotopic (exact) mass is 344 g/mol. The number of amides is 2. The molecule has 0 aliphatic heterocycles. The number of benzene rings is 1. The molecule has 1 saturated carbocycles. The molecular weight excluding hydrogens is 328 g/mol. The lowest BCUT2D eigenvalue weighted by Crippen LogP contribution is -2.17. The van der Waals surface area contributed by atoms with Gasteiger partial charge in [-0.3, -0.25) is 9.59 Å². The van der Waals surface area contributed by atoms with Crippen molar-refractivity contribution in [3.8, 4) is 0 Å². The van der Waals surface area contributed by atoms with E-state index < -0.39 is 5.97 Å². The SMILES string of the molecule is Cc1cc(C(=O)Nc2ccc(C(=O)O)cc2)c(NC(=O)C2CC2)s1. The highest BCUT2D eigenvalue weighted by Gasteiger charge is 2.30. The molecule has 0 unspecified atom stereocenters. The van der Waals surface area contributed by atoms with Gasteiger partial charge in [0.15, 0.2) is 0 Å². The van der Waals surface area contributed by atoms with E-state index in [1.165, 1.54) is 35.6 Å². The highest BCUT2D eigenvalue weighted by molar-refractivity contribution is 7.16. The van der Waals surface area contributed by atoms with E-state index in [1.54, 1.807) is 6.07 Å². The lowest BCUT2D eigenvalue weighted by molar-refractivity contribution is -0.117. The maximum Gasteiger partial charge on any atom is 0.335 e. The number of carbonyl (C=O) groups excluding carboxylic acids is 2. The summed E-state index contributed by atoms with van der Waals surface area (Å²) < 4.78 is 0. The molecule has 1 heterocycles. The molecule has 124 valence electrons. The van der Waals surface area contributed by atoms with Gasteiger partial charge in [0.2, 0.25) is 5.91 Å². The molecule has 0 radical (unpaired) electrons. The van der Waals surface area contributed by atoms with Gasteiger partial charge < -0.3 is 15.7 Å². The van der Waals surface area contributed by atoms with E-state index in [0.29, 0.717) is 16.3 Å². The van der Waals surface area contributed by atoms with Crippen molar-refractivity contribution in [3.05, 3.63) is 46.3 Å². The van der Waals surface area contributed by atoms with Crippen LogP contribution in [0.5, 0.6) is 0 Å². The summed E-state index contributed by atoms with van der Waals surface area (Å²) in [6, 6.07) is 7.64. The lowest BCUT2D eigenvalue weighted by atomic mass is 10.2. The van der Waals surface area contributed by atoms with E-state index >= 15 is 0 Å². The van der Waals surface area contributed by atoms with Gasteiger partial charge in [-0.1, -0.05) is 0 Å². The molecule has 1 aromatic carbocycles. The number of carbonyl (C=O) groups is 3. The number of thiophene rings is 1. The predicted molar refractivity (Wildman–Crippen MR) is 91.8 cm³/mol. The number of anilines is 2. The summed E-state index contributed by atoms with van der Waals surface area (Å²) in [6.07, 6.45) is 1.79. The average molecular weight is 344 g/mol. The average Bonchev–Trinajstić information content (AvgIpc) is 3.32. The number of aryl methyl sites for hydroxylation is 1. The van der Waals surface area contributed by atoms with Gasteiger partial charge >= 0.3 is 5.97 Å². The number of rotatable bonds is 5. The Hall–Kier alpha value is -2.67. The van der Waals surface area contributed by atoms with Gasteiger partial charge in [0, 0.05) is 16.5 Å². The second-order valence-electron chi connectivity index (χ2n) is 5.70. The van der Waals surface area contributed by atoms with Gasteiger partial charge in [-0.25, -0.2) is 4.79 Å². The van der Waals surface area contributed by atoms with Crippen LogP contribution >= 0.6 is 11.3 Å². The minimum absolute atomic E-state index is 0.0447. The Bertz CT molecular complexity index is 806. The number of nitrogens with one attached hydrogen (secondary N) is 2. The fourth-order valence-electron chi connectivity index (χ4n) is 2.23. The molecule has 0 saturated heterocycles. The highest BCUT2D eigenvalue weighted by atomic mass is 32.1. The van der Waals surface area contributed by atoms with Crippen molar-refractivity contribution in [2.75, 3.05) is 10.6 Å². The van der Waals surface area contributed by atoms with Crippen LogP contribution in [-0.2, 0) is 4.79 Å². The van der Waals surface area contributed by atoms with Crippen LogP contribution in [-0.4, -0.2) is 22.9 Å². The third-order valence-electron chi connectivity index (χ3n) is 3.67. The Kier molecular flexibility index (Phi) is 4.35. The van der Waals surface area contributed by atoms with Crippen LogP contribution in [0.2, 0.25) is 0 Å². The van der Waals surface area contributed by atoms with Crippen LogP contribution in [0.1, 0.15) is 38.4 Å². The molecular formula is C17H16N2O4S. The van der Waals surface area contributed by atoms with Crippen molar-refractivity contribution in [3.63, 3.8) is 0 Å². The molecule has 0 spiro atoms. The molecule has 3 N–H and O–H groups in total. The van der Waals surface area contributed by atoms with Gasteiger partial charge in [-0.15, -0.1) is 11.3 Å². The maximum absolute atomic E-state index is 12.5. The van der Waals surface area contributed by atoms with Crippen molar-refractivity contribution in [2.45, 2.75) is 19.8 Å². The minimum atomic E-state index is -1.02. The molecule has 1 fully saturated rings. The van der Waals surface area contributed by atoms with Crippen LogP contribution < -0.4 is 10.6 Å². The first-order valence-corrected chi connectivity index (χ1v) is 8.31. The quantitative estimate of drug-likeness (QED) is 0.775. The zero-order valence-electron chi connectivity index (χ0n) is 13.0. The Morgan fingerprint density at radius 1 is 1.12 bits per heavy atom. The Balaban J connectivity index is 1.74. The smallest absolute Gasteiger partial charge is 0.335 e. The third kappa shape index (κ3) is 3.62. The fraction of sp³-hybridized carbons (Fsp3) is 0.235. The van der Waals surface area contributed by atoms with Gasteiger partial charge in [-0.2, -0.15) is 0 Å². The minimum Gasteiger partial charge on any atom is -0.478 e. The van der Waals surface area contributed by atoms with E-state index in [0.717, 1.165) is 17.7 Å². The second-order valence-corrected chi connectivity index (χ2v) is 6.96. The number of aromatic carboxylic acids is 1. The van der Waals surface area contributed by atoms with Gasteiger partial charge in [-0.05, 0) is 50.1 Å². The number of carboxylic acid groups (broad SMARTS) is 1. The van der Waals surface area contributed by atoms with Crippen molar-refractivity contribution < 1.29 is 19.5 Å². The normalized spacial score (nSPS) is 13.4. The number of hydrogen-bond acceptors (Lipinski definition) is 4. The van der Waals surface area contributed by atoms with Crippen molar-refractivity contribution in [1.29, 1.82) is 0 Å². The number of carboxylic acids is 1. The summed E-state index contributed by atoms with van der Waals surface area (Å²) in [4.78, 5) is 36.2. The van der Waals surface area contributed by atoms with E-state index in [1.807, 2.05) is 6.92 Å². The van der Waals surface area contributed by atoms with Crippen LogP contribution in [0.25, 0.3) is 0 Å². The first kappa shape index (κ1) is 16.2. The lowest BCUT2D eigenvalue weighted by Gasteiger charge is -2.07. The van der Waals surface area contributed by atoms with Crippen molar-refractivity contribution >= 4 is 39.8 Å². The summed E-state index contributed by atoms with van der Waals surface area (Å²) >= 11 is 1.36. The maximum atomic E-state index is 12.5. The first-order chi connectivity index (χ1) is 11.4. The summed E-state index contributed by atoms with van der Waals surface area (Å²) in [5.41, 5.74) is 1.05. The molecule has 1 aliphatic rings. The van der Waals surface area contributed by atoms with E-state index in [9.17, 15) is 14.4 Å². The van der Waals surface area contributed by atoms with Crippen molar-refractivity contribution in [1.82, 2.24) is 0 Å². The second kappa shape index (κ2) is 6.45. The fourth-order valence-corrected chi connectivity index (χ4v) is 3.14. The Morgan fingerprint density at radius 2 is 1.79 bits per heavy atom. The molecule has 24 heavy (non-hydrogen) atoms. The van der Waals surface area contributed by atoms with Crippen molar-refractivity contribution in [2.24, 2.45) is 5.92 Å². The molecule has 1 aliphatic carbocycles. The zero-order valence-corrected chi connectivity index (χ0v) is 13.8. The molecule has 0 bridgehead atoms. The summed E-state index contributed by atoms with van der Waals surface area (Å²) in [5.74, 6) is -1.34. The Labute approximate surface area is 142 Å². The van der Waals surface area contributed by atoms with Gasteiger partial charge in [0.25, 0.3) is 5.91 Å². The zero-order chi connectivity index (χ0) is 17.3. The van der Waals surface area contributed by atoms with Crippen LogP contribution in [0.3, 0.4) is 0 Å². The van der Waals surface area contributed by atoms with Crippen LogP contribution in [0.4, 0.5) is 10.7 Å². The molecule has 0 atom stereocenters. The molecule has 6 nitrogen and oxygen atoms in total. The summed E-state index contributed by atoms with van der Waals surface area (Å²) in [6.45, 7) is 1.87. The van der Waals surface area contributed by atoms with E-state index in [2.05, 4.69) is 10.6 Å². The predicted octanol–water partition coefficient (Wildman–Crippen LogP) is 3.36. The molecule has 2 amide bonds. The van der Waals surface area contributed by atoms with Gasteiger partial charge in [0.05, 0.1) is 11.1 Å². The molecule has 3 rings (SSSR count).